The summed E-state index contributed by atoms with van der Waals surface area (Å²) in [6.45, 7) is -0.248. The summed E-state index contributed by atoms with van der Waals surface area (Å²) in [7, 11) is 0. The molecule has 12 heteroatoms. The molecule has 2 aromatic carbocycles. The predicted octanol–water partition coefficient (Wildman–Crippen LogP) is 5.23. The quantitative estimate of drug-likeness (QED) is 0.243. The summed E-state index contributed by atoms with van der Waals surface area (Å²) >= 11 is 5.88. The van der Waals surface area contributed by atoms with Crippen molar-refractivity contribution in [2.45, 2.75) is 6.61 Å². The average Bonchev–Trinajstić information content (AvgIpc) is 3.17. The molecule has 0 unspecified atom stereocenters. The lowest BCUT2D eigenvalue weighted by molar-refractivity contribution is -0.384. The molecular weight excluding hydrogens is 436 g/mol. The van der Waals surface area contributed by atoms with E-state index in [0.29, 0.717) is 0 Å². The van der Waals surface area contributed by atoms with Crippen LogP contribution in [0.3, 0.4) is 0 Å². The van der Waals surface area contributed by atoms with Gasteiger partial charge in [-0.3, -0.25) is 14.9 Å². The Bertz CT molecular complexity index is 1130. The molecule has 156 valence electrons. The van der Waals surface area contributed by atoms with Gasteiger partial charge in [-0.05, 0) is 18.2 Å². The van der Waals surface area contributed by atoms with Crippen molar-refractivity contribution in [1.82, 2.24) is 0 Å². The molecule has 3 aromatic rings. The topological polar surface area (TPSA) is 94.6 Å². The second-order valence-electron chi connectivity index (χ2n) is 5.72. The van der Waals surface area contributed by atoms with Crippen LogP contribution in [0.1, 0.15) is 16.3 Å². The fourth-order valence-electron chi connectivity index (χ4n) is 2.30. The van der Waals surface area contributed by atoms with E-state index in [1.807, 2.05) is 0 Å². The number of furan rings is 1. The third kappa shape index (κ3) is 4.35. The van der Waals surface area contributed by atoms with E-state index in [-0.39, 0.29) is 34.9 Å². The Kier molecular flexibility index (Phi) is 5.92. The molecule has 0 spiro atoms. The number of anilines is 1. The molecule has 1 heterocycles. The van der Waals surface area contributed by atoms with Crippen molar-refractivity contribution in [2.75, 3.05) is 5.32 Å². The lowest BCUT2D eigenvalue weighted by Gasteiger charge is -2.08. The summed E-state index contributed by atoms with van der Waals surface area (Å²) in [5, 5.41) is 12.4. The average molecular weight is 445 g/mol. The van der Waals surface area contributed by atoms with Gasteiger partial charge in [-0.2, -0.15) is 0 Å². The molecule has 1 N–H and O–H groups in total. The van der Waals surface area contributed by atoms with Crippen molar-refractivity contribution in [1.29, 1.82) is 0 Å². The molecule has 0 aliphatic rings. The van der Waals surface area contributed by atoms with Crippen LogP contribution in [0, 0.1) is 33.4 Å². The third-order valence-electron chi connectivity index (χ3n) is 3.73. The van der Waals surface area contributed by atoms with Gasteiger partial charge in [0.1, 0.15) is 23.8 Å². The Morgan fingerprint density at radius 2 is 1.77 bits per heavy atom. The lowest BCUT2D eigenvalue weighted by Crippen LogP contribution is -2.15. The van der Waals surface area contributed by atoms with Crippen molar-refractivity contribution in [3.05, 3.63) is 86.3 Å². The number of hydrogen-bond donors (Lipinski definition) is 1. The summed E-state index contributed by atoms with van der Waals surface area (Å²) in [6.07, 6.45) is 0. The number of nitrogens with zero attached hydrogens (tertiary/aromatic N) is 1. The first-order chi connectivity index (χ1) is 14.2. The molecule has 7 nitrogen and oxygen atoms in total. The number of carbonyl (C=O) groups excluding carboxylic acids is 1. The van der Waals surface area contributed by atoms with Crippen LogP contribution in [0.4, 0.5) is 28.9 Å². The van der Waals surface area contributed by atoms with Crippen molar-refractivity contribution >= 4 is 28.9 Å². The number of halogens is 5. The summed E-state index contributed by atoms with van der Waals surface area (Å²) in [5.41, 5.74) is -1.54. The fourth-order valence-corrected chi connectivity index (χ4v) is 2.53. The van der Waals surface area contributed by atoms with E-state index in [0.717, 1.165) is 12.1 Å². The summed E-state index contributed by atoms with van der Waals surface area (Å²) in [5.74, 6) is -8.32. The smallest absolute Gasteiger partial charge is 0.291 e. The maximum atomic E-state index is 13.6. The van der Waals surface area contributed by atoms with Crippen LogP contribution in [0.25, 0.3) is 0 Å². The zero-order chi connectivity index (χ0) is 22.0. The van der Waals surface area contributed by atoms with Gasteiger partial charge < -0.3 is 14.5 Å². The molecule has 0 atom stereocenters. The van der Waals surface area contributed by atoms with Crippen LogP contribution in [0.2, 0.25) is 5.02 Å². The predicted molar refractivity (Wildman–Crippen MR) is 95.4 cm³/mol. The van der Waals surface area contributed by atoms with Gasteiger partial charge in [-0.1, -0.05) is 11.6 Å². The molecule has 0 saturated heterocycles. The van der Waals surface area contributed by atoms with E-state index < -0.39 is 45.5 Å². The first kappa shape index (κ1) is 21.1. The second-order valence-corrected chi connectivity index (χ2v) is 6.13. The van der Waals surface area contributed by atoms with Gasteiger partial charge >= 0.3 is 0 Å². The molecule has 0 radical (unpaired) electrons. The summed E-state index contributed by atoms with van der Waals surface area (Å²) in [6, 6.07) is 5.96. The number of nitro benzene ring substituents is 1. The Morgan fingerprint density at radius 1 is 1.10 bits per heavy atom. The van der Waals surface area contributed by atoms with Crippen molar-refractivity contribution in [3.63, 3.8) is 0 Å². The SMILES string of the molecule is O=C(Nc1c(F)c(F)cc(F)c1F)c1ccc(COc2ccc([N+](=O)[O-])cc2Cl)o1. The van der Waals surface area contributed by atoms with E-state index in [4.69, 9.17) is 20.8 Å². The number of non-ortho nitro benzene ring substituents is 1. The zero-order valence-electron chi connectivity index (χ0n) is 14.5. The van der Waals surface area contributed by atoms with Crippen molar-refractivity contribution in [3.8, 4) is 5.75 Å². The first-order valence-electron chi connectivity index (χ1n) is 7.97. The van der Waals surface area contributed by atoms with E-state index in [2.05, 4.69) is 0 Å². The molecule has 0 aliphatic heterocycles. The molecule has 0 fully saturated rings. The van der Waals surface area contributed by atoms with Crippen LogP contribution >= 0.6 is 11.6 Å². The Balaban J connectivity index is 1.70. The van der Waals surface area contributed by atoms with Crippen LogP contribution in [-0.2, 0) is 6.61 Å². The zero-order valence-corrected chi connectivity index (χ0v) is 15.3. The number of rotatable bonds is 6. The standard InChI is InChI=1S/C18H9ClF4N2O5/c19-10-5-8(25(27)28)1-3-13(10)29-7-9-2-4-14(30-9)18(26)24-17-15(22)11(20)6-12(21)16(17)23/h1-6H,7H2,(H,24,26). The fraction of sp³-hybridized carbons (Fsp3) is 0.0556. The molecule has 3 rings (SSSR count). The normalized spacial score (nSPS) is 10.7. The van der Waals surface area contributed by atoms with Gasteiger partial charge in [0.25, 0.3) is 11.6 Å². The van der Waals surface area contributed by atoms with Crippen LogP contribution in [0.15, 0.2) is 40.8 Å². The maximum absolute atomic E-state index is 13.6. The maximum Gasteiger partial charge on any atom is 0.291 e. The number of amides is 1. The highest BCUT2D eigenvalue weighted by atomic mass is 35.5. The van der Waals surface area contributed by atoms with E-state index in [1.54, 1.807) is 5.32 Å². The van der Waals surface area contributed by atoms with E-state index >= 15 is 0 Å². The monoisotopic (exact) mass is 444 g/mol. The van der Waals surface area contributed by atoms with Gasteiger partial charge in [-0.25, -0.2) is 17.6 Å². The highest BCUT2D eigenvalue weighted by Gasteiger charge is 2.22. The van der Waals surface area contributed by atoms with Gasteiger partial charge in [0.2, 0.25) is 0 Å². The Morgan fingerprint density at radius 3 is 2.37 bits per heavy atom. The van der Waals surface area contributed by atoms with Gasteiger partial charge in [0.15, 0.2) is 29.0 Å². The van der Waals surface area contributed by atoms with Crippen LogP contribution < -0.4 is 10.1 Å². The Hall–Kier alpha value is -3.60. The number of ether oxygens (including phenoxy) is 1. The van der Waals surface area contributed by atoms with Crippen molar-refractivity contribution in [2.24, 2.45) is 0 Å². The lowest BCUT2D eigenvalue weighted by atomic mass is 10.2. The van der Waals surface area contributed by atoms with Gasteiger partial charge in [0, 0.05) is 18.2 Å². The first-order valence-corrected chi connectivity index (χ1v) is 8.35. The molecule has 1 aromatic heterocycles. The molecule has 30 heavy (non-hydrogen) atoms. The largest absolute Gasteiger partial charge is 0.484 e. The molecular formula is C18H9ClF4N2O5. The van der Waals surface area contributed by atoms with Gasteiger partial charge in [-0.15, -0.1) is 0 Å². The molecule has 0 saturated carbocycles. The number of carbonyl (C=O) groups is 1. The Labute approximate surface area is 170 Å². The van der Waals surface area contributed by atoms with E-state index in [1.165, 1.54) is 18.2 Å². The van der Waals surface area contributed by atoms with Gasteiger partial charge in [0.05, 0.1) is 9.95 Å². The summed E-state index contributed by atoms with van der Waals surface area (Å²) < 4.78 is 64.2. The summed E-state index contributed by atoms with van der Waals surface area (Å²) in [4.78, 5) is 22.1. The minimum atomic E-state index is -1.77. The number of nitrogens with one attached hydrogen (secondary N) is 1. The highest BCUT2D eigenvalue weighted by molar-refractivity contribution is 6.32. The molecule has 0 bridgehead atoms. The number of nitro groups is 1. The minimum absolute atomic E-state index is 0.00594. The number of benzene rings is 2. The highest BCUT2D eigenvalue weighted by Crippen LogP contribution is 2.29. The third-order valence-corrected chi connectivity index (χ3v) is 4.03. The molecule has 1 amide bonds. The molecule has 0 aliphatic carbocycles. The van der Waals surface area contributed by atoms with Crippen LogP contribution in [-0.4, -0.2) is 10.8 Å². The van der Waals surface area contributed by atoms with Crippen molar-refractivity contribution < 1.29 is 36.4 Å². The minimum Gasteiger partial charge on any atom is -0.484 e. The number of hydrogen-bond acceptors (Lipinski definition) is 5. The van der Waals surface area contributed by atoms with Crippen LogP contribution in [0.5, 0.6) is 5.75 Å². The second kappa shape index (κ2) is 8.41. The van der Waals surface area contributed by atoms with E-state index in [9.17, 15) is 32.5 Å².